The first-order valence-electron chi connectivity index (χ1n) is 14.9. The first kappa shape index (κ1) is 44.0. The predicted molar refractivity (Wildman–Crippen MR) is 191 cm³/mol. The number of carbonyl (C=O) groups is 6. The first-order chi connectivity index (χ1) is 25.3. The summed E-state index contributed by atoms with van der Waals surface area (Å²) in [5, 5.41) is 35.2. The molecule has 0 fully saturated rings. The predicted octanol–water partition coefficient (Wildman–Crippen LogP) is -2.34. The molecule has 3 amide bonds. The lowest BCUT2D eigenvalue weighted by atomic mass is 10.2. The van der Waals surface area contributed by atoms with Gasteiger partial charge in [0.2, 0.25) is 0 Å². The van der Waals surface area contributed by atoms with Crippen molar-refractivity contribution in [3.05, 3.63) is 89.5 Å². The number of aliphatic carboxylic acids is 3. The first-order valence-corrected chi connectivity index (χ1v) is 21.1. The Hall–Kier alpha value is -5.36. The zero-order chi connectivity index (χ0) is 41.5. The zero-order valence-corrected chi connectivity index (χ0v) is 30.9. The Kier molecular flexibility index (Phi) is 14.3. The molecule has 0 aliphatic rings. The molecule has 3 aromatic carbocycles. The van der Waals surface area contributed by atoms with Crippen molar-refractivity contribution in [1.82, 2.24) is 16.0 Å². The summed E-state index contributed by atoms with van der Waals surface area (Å²) < 4.78 is 94.4. The number of hydrogen-bond donors (Lipinski definition) is 9. The van der Waals surface area contributed by atoms with E-state index in [0.717, 1.165) is 0 Å². The zero-order valence-electron chi connectivity index (χ0n) is 27.5. The minimum atomic E-state index is -4.79. The fraction of sp³-hybridized carbons (Fsp3) is 0.200. The van der Waals surface area contributed by atoms with Crippen LogP contribution in [0.1, 0.15) is 31.1 Å². The van der Waals surface area contributed by atoms with E-state index < -0.39 is 109 Å². The maximum atomic E-state index is 12.8. The molecule has 0 aliphatic heterocycles. The molecule has 3 rings (SSSR count). The summed E-state index contributed by atoms with van der Waals surface area (Å²) in [5.74, 6) is -12.2. The van der Waals surface area contributed by atoms with Crippen LogP contribution < -0.4 is 31.9 Å². The van der Waals surface area contributed by atoms with Crippen LogP contribution in [0, 0.1) is 0 Å². The summed E-state index contributed by atoms with van der Waals surface area (Å²) in [6.45, 7) is 0. The number of carbonyl (C=O) groups excluding carboxylic acids is 3. The molecule has 0 bridgehead atoms. The van der Waals surface area contributed by atoms with Crippen molar-refractivity contribution >= 4 is 89.8 Å². The van der Waals surface area contributed by atoms with Crippen LogP contribution in [0.3, 0.4) is 0 Å². The van der Waals surface area contributed by atoms with Gasteiger partial charge in [-0.2, -0.15) is 25.3 Å². The van der Waals surface area contributed by atoms with Gasteiger partial charge in [0.05, 0.1) is 0 Å². The molecule has 0 radical (unpaired) electrons. The topological polar surface area (TPSA) is 362 Å². The number of benzene rings is 3. The van der Waals surface area contributed by atoms with Crippen LogP contribution in [0.5, 0.6) is 0 Å². The second-order valence-electron chi connectivity index (χ2n) is 11.3. The highest BCUT2D eigenvalue weighted by Gasteiger charge is 2.29. The van der Waals surface area contributed by atoms with Gasteiger partial charge in [0.25, 0.3) is 48.1 Å². The number of carboxylic acid groups (broad SMARTS) is 3. The van der Waals surface area contributed by atoms with E-state index in [1.54, 1.807) is 0 Å². The van der Waals surface area contributed by atoms with Gasteiger partial charge in [0.1, 0.15) is 35.4 Å². The van der Waals surface area contributed by atoms with E-state index >= 15 is 0 Å². The van der Waals surface area contributed by atoms with Gasteiger partial charge >= 0.3 is 17.9 Å². The minimum Gasteiger partial charge on any atom is -0.480 e. The van der Waals surface area contributed by atoms with Crippen LogP contribution in [-0.4, -0.2) is 125 Å². The molecule has 0 saturated heterocycles. The van der Waals surface area contributed by atoms with Gasteiger partial charge in [-0.3, -0.25) is 28.0 Å². The van der Waals surface area contributed by atoms with Crippen LogP contribution in [-0.2, 0) is 44.7 Å². The van der Waals surface area contributed by atoms with E-state index in [9.17, 15) is 69.3 Å². The van der Waals surface area contributed by atoms with Gasteiger partial charge in [-0.05, 0) is 60.2 Å². The second-order valence-corrected chi connectivity index (χ2v) is 18.0. The Bertz CT molecular complexity index is 2040. The Morgan fingerprint density at radius 3 is 0.800 bits per heavy atom. The van der Waals surface area contributed by atoms with Crippen molar-refractivity contribution in [2.24, 2.45) is 0 Å². The van der Waals surface area contributed by atoms with Gasteiger partial charge in [-0.25, -0.2) is 14.4 Å². The molecule has 0 aromatic heterocycles. The highest BCUT2D eigenvalue weighted by molar-refractivity contribution is 7.86. The molecule has 0 saturated carbocycles. The lowest BCUT2D eigenvalue weighted by molar-refractivity contribution is -0.139. The SMILES string of the molecule is O=C(NC(CS(=O)(=O)O)C(=O)O)c1ccc(P(c2ccc(C(=O)NC(CS(=O)(=O)O)C(=O)O)cc2)c2ccc(C(=O)NC(CS(=O)(=O)O)C(=O)O)cc2)cc1. The Morgan fingerprint density at radius 1 is 0.436 bits per heavy atom. The molecule has 25 heteroatoms. The summed E-state index contributed by atoms with van der Waals surface area (Å²) in [5.41, 5.74) is -0.389. The Morgan fingerprint density at radius 2 is 0.636 bits per heavy atom. The normalized spacial score (nSPS) is 14.0. The summed E-state index contributed by atoms with van der Waals surface area (Å²) in [6, 6.07) is 10.3. The van der Waals surface area contributed by atoms with Gasteiger partial charge in [0.15, 0.2) is 0 Å². The summed E-state index contributed by atoms with van der Waals surface area (Å²) >= 11 is 0. The maximum Gasteiger partial charge on any atom is 0.327 e. The standard InChI is InChI=1S/C30H30N3O18PS3/c34-25(31-22(28(37)38)13-53(43,44)45)16-1-7-19(8-2-16)52(20-9-3-17(4-10-20)26(35)32-23(29(39)40)14-54(46,47)48)21-11-5-18(6-12-21)27(36)33-24(30(41)42)15-55(49,50)51/h1-12,22-24H,13-15H2,(H,31,34)(H,32,35)(H,33,36)(H,37,38)(H,39,40)(H,41,42)(H,43,44,45)(H,46,47,48)(H,49,50,51). The van der Waals surface area contributed by atoms with Crippen molar-refractivity contribution in [2.45, 2.75) is 18.1 Å². The Labute approximate surface area is 312 Å². The van der Waals surface area contributed by atoms with E-state index in [4.69, 9.17) is 13.7 Å². The molecule has 55 heavy (non-hydrogen) atoms. The molecule has 0 aliphatic carbocycles. The van der Waals surface area contributed by atoms with Crippen molar-refractivity contribution in [3.8, 4) is 0 Å². The van der Waals surface area contributed by atoms with E-state index in [2.05, 4.69) is 0 Å². The van der Waals surface area contributed by atoms with Gasteiger partial charge in [-0.15, -0.1) is 0 Å². The molecular weight excluding hydrogens is 818 g/mol. The molecule has 0 spiro atoms. The number of carboxylic acids is 3. The number of amides is 3. The van der Waals surface area contributed by atoms with Gasteiger partial charge in [0, 0.05) is 16.7 Å². The fourth-order valence-electron chi connectivity index (χ4n) is 4.61. The third kappa shape index (κ3) is 13.8. The van der Waals surface area contributed by atoms with Crippen LogP contribution in [0.4, 0.5) is 0 Å². The smallest absolute Gasteiger partial charge is 0.327 e. The van der Waals surface area contributed by atoms with Crippen LogP contribution in [0.2, 0.25) is 0 Å². The summed E-state index contributed by atoms with van der Waals surface area (Å²) in [4.78, 5) is 72.7. The minimum absolute atomic E-state index is 0.130. The average Bonchev–Trinajstić information content (AvgIpc) is 3.06. The highest BCUT2D eigenvalue weighted by Crippen LogP contribution is 2.33. The van der Waals surface area contributed by atoms with Crippen molar-refractivity contribution < 1.29 is 83.0 Å². The number of nitrogens with one attached hydrogen (secondary N) is 3. The van der Waals surface area contributed by atoms with E-state index in [-0.39, 0.29) is 16.7 Å². The largest absolute Gasteiger partial charge is 0.480 e. The molecular formula is C30H30N3O18PS3. The molecule has 0 heterocycles. The van der Waals surface area contributed by atoms with E-state index in [1.807, 2.05) is 16.0 Å². The van der Waals surface area contributed by atoms with Crippen LogP contribution >= 0.6 is 7.92 Å². The number of hydrogen-bond acceptors (Lipinski definition) is 12. The molecule has 21 nitrogen and oxygen atoms in total. The van der Waals surface area contributed by atoms with E-state index in [0.29, 0.717) is 15.9 Å². The Balaban J connectivity index is 2.00. The molecule has 296 valence electrons. The highest BCUT2D eigenvalue weighted by atomic mass is 32.2. The van der Waals surface area contributed by atoms with E-state index in [1.165, 1.54) is 72.8 Å². The molecule has 9 N–H and O–H groups in total. The monoisotopic (exact) mass is 847 g/mol. The second kappa shape index (κ2) is 17.9. The summed E-state index contributed by atoms with van der Waals surface area (Å²) in [6.07, 6.45) is 0. The van der Waals surface area contributed by atoms with Crippen LogP contribution in [0.25, 0.3) is 0 Å². The van der Waals surface area contributed by atoms with Crippen molar-refractivity contribution in [3.63, 3.8) is 0 Å². The maximum absolute atomic E-state index is 12.8. The van der Waals surface area contributed by atoms with Crippen molar-refractivity contribution in [2.75, 3.05) is 17.3 Å². The quantitative estimate of drug-likeness (QED) is 0.0478. The molecule has 3 unspecified atom stereocenters. The summed E-state index contributed by atoms with van der Waals surface area (Å²) in [7, 11) is -16.1. The average molecular weight is 848 g/mol. The van der Waals surface area contributed by atoms with Crippen molar-refractivity contribution in [1.29, 1.82) is 0 Å². The molecule has 3 aromatic rings. The van der Waals surface area contributed by atoms with Gasteiger partial charge < -0.3 is 31.3 Å². The third-order valence-electron chi connectivity index (χ3n) is 7.11. The fourth-order valence-corrected chi connectivity index (χ4v) is 8.79. The van der Waals surface area contributed by atoms with Gasteiger partial charge in [-0.1, -0.05) is 36.4 Å². The lowest BCUT2D eigenvalue weighted by Gasteiger charge is -2.21. The van der Waals surface area contributed by atoms with Crippen LogP contribution in [0.15, 0.2) is 72.8 Å². The lowest BCUT2D eigenvalue weighted by Crippen LogP contribution is -2.45. The number of rotatable bonds is 18. The molecule has 3 atom stereocenters. The third-order valence-corrected chi connectivity index (χ3v) is 11.8.